The van der Waals surface area contributed by atoms with Gasteiger partial charge in [0.1, 0.15) is 11.6 Å². The number of pyridine rings is 2. The molecule has 4 aromatic rings. The van der Waals surface area contributed by atoms with Crippen LogP contribution in [0.15, 0.2) is 54.7 Å². The predicted molar refractivity (Wildman–Crippen MR) is 138 cm³/mol. The zero-order valence-corrected chi connectivity index (χ0v) is 21.1. The Bertz CT molecular complexity index is 1420. The first-order valence-electron chi connectivity index (χ1n) is 12.3. The lowest BCUT2D eigenvalue weighted by Gasteiger charge is -2.37. The van der Waals surface area contributed by atoms with Gasteiger partial charge in [0.15, 0.2) is 5.65 Å². The summed E-state index contributed by atoms with van der Waals surface area (Å²) < 4.78 is 39.1. The fourth-order valence-electron chi connectivity index (χ4n) is 4.87. The molecule has 6 nitrogen and oxygen atoms in total. The Kier molecular flexibility index (Phi) is 6.58. The van der Waals surface area contributed by atoms with E-state index < -0.39 is 11.7 Å². The number of hydrogen-bond acceptors (Lipinski definition) is 6. The number of benzene rings is 1. The van der Waals surface area contributed by atoms with E-state index in [1.807, 2.05) is 31.2 Å². The van der Waals surface area contributed by atoms with E-state index in [4.69, 9.17) is 15.0 Å². The molecule has 0 atom stereocenters. The third-order valence-corrected chi connectivity index (χ3v) is 6.68. The number of hydrogen-bond donors (Lipinski definition) is 1. The second-order valence-corrected chi connectivity index (χ2v) is 10.4. The van der Waals surface area contributed by atoms with Gasteiger partial charge in [-0.3, -0.25) is 9.88 Å². The third-order valence-electron chi connectivity index (χ3n) is 6.68. The van der Waals surface area contributed by atoms with Gasteiger partial charge in [-0.1, -0.05) is 19.9 Å². The summed E-state index contributed by atoms with van der Waals surface area (Å²) in [6.07, 6.45) is -0.371. The minimum Gasteiger partial charge on any atom is -0.340 e. The van der Waals surface area contributed by atoms with E-state index in [2.05, 4.69) is 29.0 Å². The molecule has 0 bridgehead atoms. The van der Waals surface area contributed by atoms with Crippen LogP contribution in [0.2, 0.25) is 0 Å². The van der Waals surface area contributed by atoms with Crippen molar-refractivity contribution in [2.45, 2.75) is 46.3 Å². The molecule has 0 amide bonds. The summed E-state index contributed by atoms with van der Waals surface area (Å²) in [5.41, 5.74) is 3.02. The smallest absolute Gasteiger partial charge is 0.340 e. The molecule has 1 fully saturated rings. The zero-order valence-electron chi connectivity index (χ0n) is 21.1. The van der Waals surface area contributed by atoms with Crippen molar-refractivity contribution in [1.29, 1.82) is 0 Å². The van der Waals surface area contributed by atoms with Crippen LogP contribution in [0.4, 0.5) is 24.7 Å². The van der Waals surface area contributed by atoms with E-state index in [-0.39, 0.29) is 5.41 Å². The molecular weight excluding hydrogens is 477 g/mol. The van der Waals surface area contributed by atoms with Gasteiger partial charge in [-0.05, 0) is 79.8 Å². The Balaban J connectivity index is 1.54. The molecule has 1 N–H and O–H groups in total. The lowest BCUT2D eigenvalue weighted by Crippen LogP contribution is -2.39. The third kappa shape index (κ3) is 5.72. The fourth-order valence-corrected chi connectivity index (χ4v) is 4.87. The monoisotopic (exact) mass is 506 g/mol. The molecule has 0 aliphatic carbocycles. The first-order valence-corrected chi connectivity index (χ1v) is 12.3. The molecule has 5 rings (SSSR count). The highest BCUT2D eigenvalue weighted by molar-refractivity contribution is 5.90. The lowest BCUT2D eigenvalue weighted by atomic mass is 9.84. The van der Waals surface area contributed by atoms with Crippen molar-refractivity contribution >= 4 is 22.5 Å². The second-order valence-electron chi connectivity index (χ2n) is 10.4. The minimum atomic E-state index is -4.39. The molecule has 1 saturated heterocycles. The van der Waals surface area contributed by atoms with Gasteiger partial charge in [0, 0.05) is 18.4 Å². The van der Waals surface area contributed by atoms with Gasteiger partial charge in [0.05, 0.1) is 28.9 Å². The molecule has 3 aromatic heterocycles. The Morgan fingerprint density at radius 3 is 2.49 bits per heavy atom. The van der Waals surface area contributed by atoms with Gasteiger partial charge in [0.25, 0.3) is 0 Å². The number of halogens is 3. The molecule has 9 heteroatoms. The summed E-state index contributed by atoms with van der Waals surface area (Å²) in [7, 11) is 0. The van der Waals surface area contributed by atoms with Crippen LogP contribution in [0.3, 0.4) is 0 Å². The van der Waals surface area contributed by atoms with Gasteiger partial charge in [-0.2, -0.15) is 13.2 Å². The zero-order chi connectivity index (χ0) is 26.2. The van der Waals surface area contributed by atoms with Gasteiger partial charge < -0.3 is 5.32 Å². The average Bonchev–Trinajstić information content (AvgIpc) is 2.83. The van der Waals surface area contributed by atoms with Crippen LogP contribution >= 0.6 is 0 Å². The Hall–Kier alpha value is -3.59. The Morgan fingerprint density at radius 1 is 1.00 bits per heavy atom. The SMILES string of the molecule is Cc1cccnc1-c1ccc2c(Nc3ccc(C(F)(F)F)cc3)nc(CN3CCCC(C)(C)C3)nc2n1. The van der Waals surface area contributed by atoms with Crippen LogP contribution in [0.25, 0.3) is 22.4 Å². The number of rotatable bonds is 5. The van der Waals surface area contributed by atoms with Gasteiger partial charge >= 0.3 is 6.18 Å². The van der Waals surface area contributed by atoms with Crippen molar-refractivity contribution in [1.82, 2.24) is 24.8 Å². The molecule has 0 unspecified atom stereocenters. The molecular formula is C28H29F3N6. The lowest BCUT2D eigenvalue weighted by molar-refractivity contribution is -0.137. The summed E-state index contributed by atoms with van der Waals surface area (Å²) in [5.74, 6) is 1.12. The summed E-state index contributed by atoms with van der Waals surface area (Å²) in [6.45, 7) is 8.98. The van der Waals surface area contributed by atoms with Gasteiger partial charge in [-0.25, -0.2) is 15.0 Å². The highest BCUT2D eigenvalue weighted by atomic mass is 19.4. The molecule has 1 aliphatic rings. The van der Waals surface area contributed by atoms with Crippen LogP contribution in [0, 0.1) is 12.3 Å². The summed E-state index contributed by atoms with van der Waals surface area (Å²) >= 11 is 0. The van der Waals surface area contributed by atoms with Gasteiger partial charge in [-0.15, -0.1) is 0 Å². The molecule has 1 aliphatic heterocycles. The quantitative estimate of drug-likeness (QED) is 0.322. The van der Waals surface area contributed by atoms with E-state index in [0.717, 1.165) is 42.9 Å². The maximum absolute atomic E-state index is 13.0. The molecule has 0 saturated carbocycles. The topological polar surface area (TPSA) is 66.8 Å². The van der Waals surface area contributed by atoms with Crippen LogP contribution in [-0.2, 0) is 12.7 Å². The Morgan fingerprint density at radius 2 is 1.78 bits per heavy atom. The van der Waals surface area contributed by atoms with Gasteiger partial charge in [0.2, 0.25) is 0 Å². The van der Waals surface area contributed by atoms with Crippen molar-refractivity contribution in [2.75, 3.05) is 18.4 Å². The van der Waals surface area contributed by atoms with Crippen LogP contribution in [-0.4, -0.2) is 37.9 Å². The van der Waals surface area contributed by atoms with E-state index in [9.17, 15) is 13.2 Å². The number of nitrogens with one attached hydrogen (secondary N) is 1. The van der Waals surface area contributed by atoms with Crippen molar-refractivity contribution in [3.63, 3.8) is 0 Å². The van der Waals surface area contributed by atoms with Crippen molar-refractivity contribution in [3.05, 3.63) is 71.7 Å². The number of alkyl halides is 3. The molecule has 0 spiro atoms. The number of nitrogens with zero attached hydrogens (tertiary/aromatic N) is 5. The predicted octanol–water partition coefficient (Wildman–Crippen LogP) is 6.78. The standard InChI is InChI=1S/C28H29F3N6/c1-18-6-4-14-32-24(18)22-12-11-21-25(33-20-9-7-19(8-10-20)28(29,30)31)35-23(36-26(21)34-22)16-37-15-5-13-27(2,3)17-37/h4,6-12,14H,5,13,15-17H2,1-3H3,(H,33,34,35,36). The first kappa shape index (κ1) is 25.1. The average molecular weight is 507 g/mol. The number of anilines is 2. The molecule has 37 heavy (non-hydrogen) atoms. The summed E-state index contributed by atoms with van der Waals surface area (Å²) in [6, 6.07) is 12.5. The van der Waals surface area contributed by atoms with E-state index in [1.54, 1.807) is 6.20 Å². The van der Waals surface area contributed by atoms with Crippen LogP contribution in [0.5, 0.6) is 0 Å². The first-order chi connectivity index (χ1) is 17.6. The van der Waals surface area contributed by atoms with E-state index in [1.165, 1.54) is 18.6 Å². The number of aromatic nitrogens is 4. The largest absolute Gasteiger partial charge is 0.416 e. The number of fused-ring (bicyclic) bond motifs is 1. The molecule has 4 heterocycles. The van der Waals surface area contributed by atoms with E-state index in [0.29, 0.717) is 40.6 Å². The maximum Gasteiger partial charge on any atom is 0.416 e. The second kappa shape index (κ2) is 9.70. The number of piperidine rings is 1. The maximum atomic E-state index is 13.0. The number of likely N-dealkylation sites (tertiary alicyclic amines) is 1. The summed E-state index contributed by atoms with van der Waals surface area (Å²) in [5, 5.41) is 3.88. The Labute approximate surface area is 214 Å². The fraction of sp³-hybridized carbons (Fsp3) is 0.357. The summed E-state index contributed by atoms with van der Waals surface area (Å²) in [4.78, 5) is 21.2. The number of aryl methyl sites for hydroxylation is 1. The molecule has 1 aromatic carbocycles. The normalized spacial score (nSPS) is 16.2. The molecule has 0 radical (unpaired) electrons. The van der Waals surface area contributed by atoms with Crippen molar-refractivity contribution in [3.8, 4) is 11.4 Å². The van der Waals surface area contributed by atoms with Crippen molar-refractivity contribution in [2.24, 2.45) is 5.41 Å². The highest BCUT2D eigenvalue weighted by Gasteiger charge is 2.30. The minimum absolute atomic E-state index is 0.221. The van der Waals surface area contributed by atoms with E-state index >= 15 is 0 Å². The molecule has 192 valence electrons. The van der Waals surface area contributed by atoms with Crippen molar-refractivity contribution < 1.29 is 13.2 Å². The van der Waals surface area contributed by atoms with Crippen LogP contribution in [0.1, 0.15) is 43.6 Å². The highest BCUT2D eigenvalue weighted by Crippen LogP contribution is 2.32. The van der Waals surface area contributed by atoms with Crippen LogP contribution < -0.4 is 5.32 Å².